The van der Waals surface area contributed by atoms with Crippen LogP contribution < -0.4 is 10.6 Å². The smallest absolute Gasteiger partial charge is 0.391 e. The number of hydrogen-bond acceptors (Lipinski definition) is 5. The number of anilines is 2. The van der Waals surface area contributed by atoms with Crippen LogP contribution in [-0.2, 0) is 6.18 Å². The third-order valence-corrected chi connectivity index (χ3v) is 2.83. The van der Waals surface area contributed by atoms with E-state index in [9.17, 15) is 18.3 Å². The molecule has 20 heavy (non-hydrogen) atoms. The van der Waals surface area contributed by atoms with Gasteiger partial charge in [-0.25, -0.2) is 9.97 Å². The second kappa shape index (κ2) is 5.82. The van der Waals surface area contributed by atoms with Crippen molar-refractivity contribution in [1.29, 1.82) is 0 Å². The topological polar surface area (TPSA) is 70.1 Å². The van der Waals surface area contributed by atoms with E-state index in [1.54, 1.807) is 27.7 Å². The number of halogens is 3. The molecule has 1 aromatic rings. The maximum atomic E-state index is 12.7. The highest BCUT2D eigenvalue weighted by Gasteiger charge is 2.36. The molecule has 1 atom stereocenters. The Morgan fingerprint density at radius 3 is 2.25 bits per heavy atom. The van der Waals surface area contributed by atoms with Crippen molar-refractivity contribution in [1.82, 2.24) is 9.97 Å². The van der Waals surface area contributed by atoms with Gasteiger partial charge < -0.3 is 15.7 Å². The maximum absolute atomic E-state index is 12.7. The van der Waals surface area contributed by atoms with Crippen LogP contribution in [-0.4, -0.2) is 33.3 Å². The number of alkyl halides is 3. The number of aromatic nitrogens is 2. The molecule has 5 nitrogen and oxygen atoms in total. The number of nitrogens with zero attached hydrogens (tertiary/aromatic N) is 2. The molecule has 0 saturated carbocycles. The van der Waals surface area contributed by atoms with E-state index in [4.69, 9.17) is 0 Å². The van der Waals surface area contributed by atoms with Crippen LogP contribution in [0.3, 0.4) is 0 Å². The van der Waals surface area contributed by atoms with E-state index in [1.807, 2.05) is 0 Å². The van der Waals surface area contributed by atoms with Gasteiger partial charge >= 0.3 is 6.18 Å². The summed E-state index contributed by atoms with van der Waals surface area (Å²) in [4.78, 5) is 6.88. The van der Waals surface area contributed by atoms with E-state index in [-0.39, 0.29) is 11.6 Å². The van der Waals surface area contributed by atoms with Crippen molar-refractivity contribution < 1.29 is 18.3 Å². The lowest BCUT2D eigenvalue weighted by Gasteiger charge is -2.30. The summed E-state index contributed by atoms with van der Waals surface area (Å²) in [6.45, 7) is 7.07. The van der Waals surface area contributed by atoms with Crippen LogP contribution in [0.4, 0.5) is 24.8 Å². The zero-order chi connectivity index (χ0) is 15.6. The minimum absolute atomic E-state index is 0.00850. The normalized spacial score (nSPS) is 14.0. The first-order valence-electron chi connectivity index (χ1n) is 6.22. The number of rotatable bonds is 5. The van der Waals surface area contributed by atoms with Crippen LogP contribution in [0.15, 0.2) is 6.07 Å². The van der Waals surface area contributed by atoms with Gasteiger partial charge in [0, 0.05) is 12.6 Å². The Bertz CT molecular complexity index is 461. The predicted octanol–water partition coefficient (Wildman–Crippen LogP) is 2.50. The number of hydrogen-bond donors (Lipinski definition) is 3. The largest absolute Gasteiger partial charge is 0.451 e. The first-order valence-corrected chi connectivity index (χ1v) is 6.22. The van der Waals surface area contributed by atoms with Crippen LogP contribution >= 0.6 is 0 Å². The van der Waals surface area contributed by atoms with Gasteiger partial charge in [-0.2, -0.15) is 13.2 Å². The summed E-state index contributed by atoms with van der Waals surface area (Å²) in [5, 5.41) is 15.1. The minimum atomic E-state index is -4.63. The van der Waals surface area contributed by atoms with Crippen LogP contribution in [0.5, 0.6) is 0 Å². The van der Waals surface area contributed by atoms with Crippen LogP contribution in [0.25, 0.3) is 0 Å². The monoisotopic (exact) mass is 292 g/mol. The van der Waals surface area contributed by atoms with Crippen molar-refractivity contribution in [2.75, 3.05) is 17.2 Å². The van der Waals surface area contributed by atoms with Crippen molar-refractivity contribution in [2.45, 2.75) is 45.5 Å². The van der Waals surface area contributed by atoms with E-state index in [0.717, 1.165) is 0 Å². The molecular formula is C12H19F3N4O. The summed E-state index contributed by atoms with van der Waals surface area (Å²) in [5.41, 5.74) is -0.819. The standard InChI is InChI=1S/C12H19F3N4O/c1-5-16-8-6-9(19-11(3,4)7(2)20)18-10(17-8)12(13,14)15/h6-7,20H,5H2,1-4H3,(H2,16,17,18,19). The molecule has 0 saturated heterocycles. The Balaban J connectivity index is 3.16. The molecule has 3 N–H and O–H groups in total. The second-order valence-corrected chi connectivity index (χ2v) is 5.01. The van der Waals surface area contributed by atoms with E-state index in [2.05, 4.69) is 20.6 Å². The van der Waals surface area contributed by atoms with Gasteiger partial charge in [0.1, 0.15) is 11.6 Å². The summed E-state index contributed by atoms with van der Waals surface area (Å²) in [6.07, 6.45) is -5.40. The molecule has 0 aliphatic heterocycles. The third kappa shape index (κ3) is 4.22. The van der Waals surface area contributed by atoms with Crippen molar-refractivity contribution >= 4 is 11.6 Å². The number of nitrogens with one attached hydrogen (secondary N) is 2. The molecule has 0 aliphatic rings. The molecular weight excluding hydrogens is 273 g/mol. The van der Waals surface area contributed by atoms with Gasteiger partial charge in [-0.1, -0.05) is 0 Å². The van der Waals surface area contributed by atoms with Gasteiger partial charge in [0.05, 0.1) is 11.6 Å². The summed E-state index contributed by atoms with van der Waals surface area (Å²) in [7, 11) is 0. The van der Waals surface area contributed by atoms with E-state index < -0.39 is 23.6 Å². The van der Waals surface area contributed by atoms with Gasteiger partial charge in [0.15, 0.2) is 0 Å². The fourth-order valence-corrected chi connectivity index (χ4v) is 1.34. The molecule has 0 radical (unpaired) electrons. The molecule has 114 valence electrons. The average molecular weight is 292 g/mol. The van der Waals surface area contributed by atoms with Gasteiger partial charge in [-0.3, -0.25) is 0 Å². The molecule has 0 bridgehead atoms. The van der Waals surface area contributed by atoms with Crippen LogP contribution in [0, 0.1) is 0 Å². The van der Waals surface area contributed by atoms with Crippen molar-refractivity contribution in [3.63, 3.8) is 0 Å². The average Bonchev–Trinajstić information content (AvgIpc) is 2.27. The Labute approximate surface area is 115 Å². The Morgan fingerprint density at radius 2 is 1.80 bits per heavy atom. The SMILES string of the molecule is CCNc1cc(NC(C)(C)C(C)O)nc(C(F)(F)F)n1. The lowest BCUT2D eigenvalue weighted by atomic mass is 9.99. The maximum Gasteiger partial charge on any atom is 0.451 e. The van der Waals surface area contributed by atoms with Crippen molar-refractivity contribution in [2.24, 2.45) is 0 Å². The molecule has 0 spiro atoms. The summed E-state index contributed by atoms with van der Waals surface area (Å²) < 4.78 is 38.2. The molecule has 8 heteroatoms. The minimum Gasteiger partial charge on any atom is -0.391 e. The highest BCUT2D eigenvalue weighted by atomic mass is 19.4. The Hall–Kier alpha value is -1.57. The highest BCUT2D eigenvalue weighted by Crippen LogP contribution is 2.29. The number of aliphatic hydroxyl groups excluding tert-OH is 1. The van der Waals surface area contributed by atoms with Crippen LogP contribution in [0.1, 0.15) is 33.5 Å². The second-order valence-electron chi connectivity index (χ2n) is 5.01. The molecule has 1 heterocycles. The summed E-state index contributed by atoms with van der Waals surface area (Å²) in [6, 6.07) is 1.38. The Kier molecular flexibility index (Phi) is 4.80. The number of aliphatic hydroxyl groups is 1. The molecule has 1 rings (SSSR count). The molecule has 1 aromatic heterocycles. The molecule has 0 fully saturated rings. The van der Waals surface area contributed by atoms with Crippen molar-refractivity contribution in [3.8, 4) is 0 Å². The zero-order valence-corrected chi connectivity index (χ0v) is 11.8. The molecule has 0 aliphatic carbocycles. The van der Waals surface area contributed by atoms with Gasteiger partial charge in [0.25, 0.3) is 0 Å². The van der Waals surface area contributed by atoms with Crippen molar-refractivity contribution in [3.05, 3.63) is 11.9 Å². The first-order chi connectivity index (χ1) is 9.06. The zero-order valence-electron chi connectivity index (χ0n) is 11.8. The predicted molar refractivity (Wildman–Crippen MR) is 70.6 cm³/mol. The van der Waals surface area contributed by atoms with Gasteiger partial charge in [-0.15, -0.1) is 0 Å². The molecule has 1 unspecified atom stereocenters. The van der Waals surface area contributed by atoms with Gasteiger partial charge in [0.2, 0.25) is 5.82 Å². The lowest BCUT2D eigenvalue weighted by molar-refractivity contribution is -0.144. The third-order valence-electron chi connectivity index (χ3n) is 2.83. The van der Waals surface area contributed by atoms with Gasteiger partial charge in [-0.05, 0) is 27.7 Å². The van der Waals surface area contributed by atoms with E-state index >= 15 is 0 Å². The highest BCUT2D eigenvalue weighted by molar-refractivity contribution is 5.49. The quantitative estimate of drug-likeness (QED) is 0.778. The fraction of sp³-hybridized carbons (Fsp3) is 0.667. The van der Waals surface area contributed by atoms with E-state index in [0.29, 0.717) is 6.54 Å². The first kappa shape index (κ1) is 16.5. The summed E-state index contributed by atoms with van der Waals surface area (Å²) >= 11 is 0. The fourth-order valence-electron chi connectivity index (χ4n) is 1.34. The lowest BCUT2D eigenvalue weighted by Crippen LogP contribution is -2.42. The van der Waals surface area contributed by atoms with Crippen LogP contribution in [0.2, 0.25) is 0 Å². The Morgan fingerprint density at radius 1 is 1.25 bits per heavy atom. The molecule has 0 amide bonds. The molecule has 0 aromatic carbocycles. The van der Waals surface area contributed by atoms with E-state index in [1.165, 1.54) is 6.07 Å². The summed E-state index contributed by atoms with van der Waals surface area (Å²) in [5.74, 6) is -1.13.